The third kappa shape index (κ3) is 4.43. The minimum atomic E-state index is -0.789. The fourth-order valence-corrected chi connectivity index (χ4v) is 1.44. The van der Waals surface area contributed by atoms with E-state index in [2.05, 4.69) is 5.32 Å². The van der Waals surface area contributed by atoms with Gasteiger partial charge in [0.25, 0.3) is 0 Å². The van der Waals surface area contributed by atoms with Crippen LogP contribution in [-0.2, 0) is 9.53 Å². The van der Waals surface area contributed by atoms with Gasteiger partial charge in [0.05, 0.1) is 12.7 Å². The van der Waals surface area contributed by atoms with Crippen molar-refractivity contribution in [3.05, 3.63) is 35.6 Å². The topological polar surface area (TPSA) is 58.6 Å². The van der Waals surface area contributed by atoms with E-state index in [-0.39, 0.29) is 18.3 Å². The molecule has 0 bridgehead atoms. The summed E-state index contributed by atoms with van der Waals surface area (Å²) in [6.45, 7) is 3.92. The monoisotopic (exact) mass is 255 g/mol. The van der Waals surface area contributed by atoms with Crippen LogP contribution in [0.25, 0.3) is 0 Å². The van der Waals surface area contributed by atoms with Gasteiger partial charge in [-0.05, 0) is 31.5 Å². The molecule has 0 spiro atoms. The average molecular weight is 255 g/mol. The molecule has 4 nitrogen and oxygen atoms in total. The number of rotatable bonds is 6. The molecule has 1 aromatic rings. The Bertz CT molecular complexity index is 380. The zero-order valence-electron chi connectivity index (χ0n) is 10.5. The summed E-state index contributed by atoms with van der Waals surface area (Å²) in [5, 5.41) is 12.7. The van der Waals surface area contributed by atoms with Gasteiger partial charge in [-0.25, -0.2) is 4.39 Å². The van der Waals surface area contributed by atoms with Crippen LogP contribution in [0.5, 0.6) is 0 Å². The summed E-state index contributed by atoms with van der Waals surface area (Å²) in [6.07, 6.45) is -0.789. The number of aliphatic hydroxyl groups is 1. The molecule has 0 heterocycles. The molecular formula is C13H18FNO3. The summed E-state index contributed by atoms with van der Waals surface area (Å²) in [6, 6.07) is 5.11. The van der Waals surface area contributed by atoms with Crippen LogP contribution in [0, 0.1) is 5.82 Å². The van der Waals surface area contributed by atoms with Crippen LogP contribution in [0.4, 0.5) is 4.39 Å². The predicted octanol–water partition coefficient (Wildman–Crippen LogP) is 1.40. The van der Waals surface area contributed by atoms with Gasteiger partial charge in [0.1, 0.15) is 11.9 Å². The minimum absolute atomic E-state index is 0.200. The fourth-order valence-electron chi connectivity index (χ4n) is 1.44. The van der Waals surface area contributed by atoms with Crippen molar-refractivity contribution in [1.29, 1.82) is 0 Å². The molecule has 2 N–H and O–H groups in total. The smallest absolute Gasteiger partial charge is 0.322 e. The van der Waals surface area contributed by atoms with E-state index in [1.807, 2.05) is 0 Å². The van der Waals surface area contributed by atoms with Gasteiger partial charge in [0.15, 0.2) is 0 Å². The Kier molecular flexibility index (Phi) is 5.74. The zero-order chi connectivity index (χ0) is 13.5. The number of hydrogen-bond acceptors (Lipinski definition) is 4. The lowest BCUT2D eigenvalue weighted by Crippen LogP contribution is -2.37. The molecule has 1 aromatic carbocycles. The Labute approximate surface area is 106 Å². The Morgan fingerprint density at radius 2 is 2.06 bits per heavy atom. The molecule has 0 saturated carbocycles. The van der Waals surface area contributed by atoms with E-state index in [0.717, 1.165) is 0 Å². The maximum Gasteiger partial charge on any atom is 0.322 e. The zero-order valence-corrected chi connectivity index (χ0v) is 10.5. The number of halogens is 1. The Balaban J connectivity index is 2.43. The second kappa shape index (κ2) is 7.08. The molecule has 0 aliphatic heterocycles. The summed E-state index contributed by atoms with van der Waals surface area (Å²) in [4.78, 5) is 11.3. The molecule has 0 saturated heterocycles. The Hall–Kier alpha value is -1.46. The lowest BCUT2D eigenvalue weighted by atomic mass is 10.1. The molecule has 100 valence electrons. The SMILES string of the molecule is CCOC(=O)C(C)NCC(O)c1ccc(F)cc1. The molecule has 0 fully saturated rings. The van der Waals surface area contributed by atoms with Gasteiger partial charge < -0.3 is 15.2 Å². The number of benzene rings is 1. The summed E-state index contributed by atoms with van der Waals surface area (Å²) < 4.78 is 17.5. The highest BCUT2D eigenvalue weighted by molar-refractivity contribution is 5.75. The van der Waals surface area contributed by atoms with E-state index in [4.69, 9.17) is 4.74 Å². The second-order valence-electron chi connectivity index (χ2n) is 3.95. The van der Waals surface area contributed by atoms with Gasteiger partial charge in [0.2, 0.25) is 0 Å². The summed E-state index contributed by atoms with van der Waals surface area (Å²) in [7, 11) is 0. The molecule has 2 unspecified atom stereocenters. The van der Waals surface area contributed by atoms with Gasteiger partial charge in [-0.3, -0.25) is 4.79 Å². The Morgan fingerprint density at radius 3 is 2.61 bits per heavy atom. The molecular weight excluding hydrogens is 237 g/mol. The number of esters is 1. The van der Waals surface area contributed by atoms with Crippen molar-refractivity contribution in [3.63, 3.8) is 0 Å². The van der Waals surface area contributed by atoms with E-state index < -0.39 is 12.1 Å². The molecule has 0 aliphatic rings. The number of carbonyl (C=O) groups excluding carboxylic acids is 1. The maximum atomic E-state index is 12.7. The largest absolute Gasteiger partial charge is 0.465 e. The summed E-state index contributed by atoms with van der Waals surface area (Å²) in [5.41, 5.74) is 0.597. The lowest BCUT2D eigenvalue weighted by Gasteiger charge is -2.16. The summed E-state index contributed by atoms with van der Waals surface area (Å²) >= 11 is 0. The molecule has 0 aliphatic carbocycles. The van der Waals surface area contributed by atoms with Crippen LogP contribution < -0.4 is 5.32 Å². The number of nitrogens with one attached hydrogen (secondary N) is 1. The quantitative estimate of drug-likeness (QED) is 0.754. The van der Waals surface area contributed by atoms with Crippen LogP contribution in [0.3, 0.4) is 0 Å². The second-order valence-corrected chi connectivity index (χ2v) is 3.95. The van der Waals surface area contributed by atoms with Crippen LogP contribution in [-0.4, -0.2) is 30.3 Å². The lowest BCUT2D eigenvalue weighted by molar-refractivity contribution is -0.145. The van der Waals surface area contributed by atoms with Crippen molar-refractivity contribution in [2.24, 2.45) is 0 Å². The van der Waals surface area contributed by atoms with E-state index in [0.29, 0.717) is 12.2 Å². The molecule has 5 heteroatoms. The number of aliphatic hydroxyl groups excluding tert-OH is 1. The normalized spacial score (nSPS) is 14.0. The van der Waals surface area contributed by atoms with Crippen LogP contribution in [0.15, 0.2) is 24.3 Å². The third-order valence-corrected chi connectivity index (χ3v) is 2.51. The number of hydrogen-bond donors (Lipinski definition) is 2. The van der Waals surface area contributed by atoms with E-state index >= 15 is 0 Å². The van der Waals surface area contributed by atoms with E-state index in [1.165, 1.54) is 24.3 Å². The number of carbonyl (C=O) groups is 1. The Morgan fingerprint density at radius 1 is 1.44 bits per heavy atom. The first kappa shape index (κ1) is 14.6. The fraction of sp³-hybridized carbons (Fsp3) is 0.462. The van der Waals surface area contributed by atoms with Crippen molar-refractivity contribution in [2.45, 2.75) is 26.0 Å². The van der Waals surface area contributed by atoms with Gasteiger partial charge in [-0.2, -0.15) is 0 Å². The van der Waals surface area contributed by atoms with Crippen LogP contribution >= 0.6 is 0 Å². The molecule has 2 atom stereocenters. The minimum Gasteiger partial charge on any atom is -0.465 e. The number of ether oxygens (including phenoxy) is 1. The molecule has 0 amide bonds. The predicted molar refractivity (Wildman–Crippen MR) is 65.5 cm³/mol. The third-order valence-electron chi connectivity index (χ3n) is 2.51. The van der Waals surface area contributed by atoms with Crippen molar-refractivity contribution >= 4 is 5.97 Å². The first-order valence-electron chi connectivity index (χ1n) is 5.88. The highest BCUT2D eigenvalue weighted by Crippen LogP contribution is 2.12. The standard InChI is InChI=1S/C13H18FNO3/c1-3-18-13(17)9(2)15-8-12(16)10-4-6-11(14)7-5-10/h4-7,9,12,15-16H,3,8H2,1-2H3. The first-order valence-corrected chi connectivity index (χ1v) is 5.88. The van der Waals surface area contributed by atoms with Crippen LogP contribution in [0.2, 0.25) is 0 Å². The molecule has 18 heavy (non-hydrogen) atoms. The molecule has 1 rings (SSSR count). The maximum absolute atomic E-state index is 12.7. The van der Waals surface area contributed by atoms with Crippen molar-refractivity contribution in [1.82, 2.24) is 5.32 Å². The average Bonchev–Trinajstić information content (AvgIpc) is 2.36. The van der Waals surface area contributed by atoms with E-state index in [9.17, 15) is 14.3 Å². The van der Waals surface area contributed by atoms with E-state index in [1.54, 1.807) is 13.8 Å². The highest BCUT2D eigenvalue weighted by atomic mass is 19.1. The van der Waals surface area contributed by atoms with Crippen molar-refractivity contribution in [3.8, 4) is 0 Å². The van der Waals surface area contributed by atoms with Gasteiger partial charge in [0, 0.05) is 6.54 Å². The van der Waals surface area contributed by atoms with Crippen molar-refractivity contribution in [2.75, 3.05) is 13.2 Å². The summed E-state index contributed by atoms with van der Waals surface area (Å²) in [5.74, 6) is -0.706. The van der Waals surface area contributed by atoms with Gasteiger partial charge >= 0.3 is 5.97 Å². The molecule has 0 aromatic heterocycles. The molecule has 0 radical (unpaired) electrons. The van der Waals surface area contributed by atoms with Gasteiger partial charge in [-0.15, -0.1) is 0 Å². The van der Waals surface area contributed by atoms with Crippen molar-refractivity contribution < 1.29 is 19.0 Å². The first-order chi connectivity index (χ1) is 8.54. The van der Waals surface area contributed by atoms with Crippen LogP contribution in [0.1, 0.15) is 25.5 Å². The highest BCUT2D eigenvalue weighted by Gasteiger charge is 2.15. The van der Waals surface area contributed by atoms with Gasteiger partial charge in [-0.1, -0.05) is 12.1 Å².